The van der Waals surface area contributed by atoms with Gasteiger partial charge in [-0.05, 0) is 12.1 Å². The predicted molar refractivity (Wildman–Crippen MR) is 68.4 cm³/mol. The molecule has 1 aromatic carbocycles. The molecule has 0 aliphatic heterocycles. The van der Waals surface area contributed by atoms with Gasteiger partial charge in [0.25, 0.3) is 5.78 Å². The Labute approximate surface area is 116 Å². The summed E-state index contributed by atoms with van der Waals surface area (Å²) in [6, 6.07) is 5.39. The molecule has 0 aliphatic carbocycles. The van der Waals surface area contributed by atoms with Crippen molar-refractivity contribution < 1.29 is 13.9 Å². The van der Waals surface area contributed by atoms with E-state index in [1.807, 2.05) is 0 Å². The molecule has 3 aromatic rings. The predicted octanol–water partition coefficient (Wildman–Crippen LogP) is 2.40. The first-order valence-corrected chi connectivity index (χ1v) is 6.59. The Morgan fingerprint density at radius 3 is 3.00 bits per heavy atom. The first-order valence-electron chi connectivity index (χ1n) is 5.60. The molecule has 0 spiro atoms. The summed E-state index contributed by atoms with van der Waals surface area (Å²) < 4.78 is 27.7. The third-order valence-corrected chi connectivity index (χ3v) is 3.64. The van der Waals surface area contributed by atoms with Crippen LogP contribution in [-0.2, 0) is 5.75 Å². The highest BCUT2D eigenvalue weighted by Crippen LogP contribution is 2.27. The number of hydrogen-bond acceptors (Lipinski definition) is 5. The molecule has 3 rings (SSSR count). The summed E-state index contributed by atoms with van der Waals surface area (Å²) >= 11 is 1.09. The number of nitrogens with zero attached hydrogens (tertiary/aromatic N) is 4. The number of aromatic hydroxyl groups is 1. The van der Waals surface area contributed by atoms with Gasteiger partial charge < -0.3 is 5.11 Å². The van der Waals surface area contributed by atoms with Gasteiger partial charge in [0.1, 0.15) is 6.33 Å². The van der Waals surface area contributed by atoms with E-state index in [4.69, 9.17) is 0 Å². The highest BCUT2D eigenvalue weighted by Gasteiger charge is 2.10. The van der Waals surface area contributed by atoms with E-state index in [1.54, 1.807) is 0 Å². The van der Waals surface area contributed by atoms with Gasteiger partial charge in [0.2, 0.25) is 5.88 Å². The molecule has 0 fully saturated rings. The number of rotatable bonds is 3. The third kappa shape index (κ3) is 2.29. The van der Waals surface area contributed by atoms with E-state index >= 15 is 0 Å². The largest absolute Gasteiger partial charge is 0.493 e. The van der Waals surface area contributed by atoms with Crippen molar-refractivity contribution in [2.75, 3.05) is 0 Å². The minimum Gasteiger partial charge on any atom is -0.493 e. The average Bonchev–Trinajstić information content (AvgIpc) is 2.89. The van der Waals surface area contributed by atoms with Crippen LogP contribution < -0.4 is 0 Å². The van der Waals surface area contributed by atoms with E-state index in [0.717, 1.165) is 17.8 Å². The molecule has 0 bridgehead atoms. The SMILES string of the molecule is Oc1cc(CSc2cccc(F)c2F)nc2ncnn12. The lowest BCUT2D eigenvalue weighted by atomic mass is 10.3. The minimum atomic E-state index is -0.890. The number of aromatic nitrogens is 4. The summed E-state index contributed by atoms with van der Waals surface area (Å²) in [5.41, 5.74) is 0.497. The summed E-state index contributed by atoms with van der Waals surface area (Å²) in [7, 11) is 0. The van der Waals surface area contributed by atoms with Crippen molar-refractivity contribution in [2.24, 2.45) is 0 Å². The normalized spacial score (nSPS) is 11.1. The molecule has 0 radical (unpaired) electrons. The summed E-state index contributed by atoms with van der Waals surface area (Å²) in [4.78, 5) is 8.21. The molecule has 2 aromatic heterocycles. The molecular weight excluding hydrogens is 286 g/mol. The van der Waals surface area contributed by atoms with Gasteiger partial charge in [-0.3, -0.25) is 0 Å². The highest BCUT2D eigenvalue weighted by molar-refractivity contribution is 7.98. The van der Waals surface area contributed by atoms with Crippen LogP contribution in [0, 0.1) is 11.6 Å². The van der Waals surface area contributed by atoms with E-state index in [0.29, 0.717) is 5.69 Å². The van der Waals surface area contributed by atoms with Crippen LogP contribution in [0.25, 0.3) is 5.78 Å². The van der Waals surface area contributed by atoms with E-state index in [9.17, 15) is 13.9 Å². The highest BCUT2D eigenvalue weighted by atomic mass is 32.2. The van der Waals surface area contributed by atoms with Gasteiger partial charge in [-0.2, -0.15) is 14.6 Å². The van der Waals surface area contributed by atoms with E-state index in [2.05, 4.69) is 15.1 Å². The summed E-state index contributed by atoms with van der Waals surface area (Å²) in [6.45, 7) is 0. The molecule has 2 heterocycles. The molecule has 0 saturated heterocycles. The van der Waals surface area contributed by atoms with Gasteiger partial charge in [0, 0.05) is 16.7 Å². The van der Waals surface area contributed by atoms with Crippen LogP contribution in [0.3, 0.4) is 0 Å². The Bertz CT molecular complexity index is 777. The van der Waals surface area contributed by atoms with Crippen molar-refractivity contribution in [1.29, 1.82) is 0 Å². The standard InChI is InChI=1S/C12H8F2N4OS/c13-8-2-1-3-9(11(8)14)20-5-7-4-10(19)18-12(17-7)15-6-16-18/h1-4,6,19H,5H2. The molecular formula is C12H8F2N4OS. The first kappa shape index (κ1) is 12.8. The Morgan fingerprint density at radius 2 is 2.15 bits per heavy atom. The van der Waals surface area contributed by atoms with Crippen molar-refractivity contribution in [2.45, 2.75) is 10.6 Å². The van der Waals surface area contributed by atoms with E-state index < -0.39 is 11.6 Å². The zero-order chi connectivity index (χ0) is 14.1. The molecule has 0 atom stereocenters. The molecule has 0 amide bonds. The zero-order valence-electron chi connectivity index (χ0n) is 9.99. The van der Waals surface area contributed by atoms with Gasteiger partial charge in [-0.1, -0.05) is 6.07 Å². The van der Waals surface area contributed by atoms with Crippen molar-refractivity contribution in [3.63, 3.8) is 0 Å². The lowest BCUT2D eigenvalue weighted by molar-refractivity contribution is 0.434. The smallest absolute Gasteiger partial charge is 0.255 e. The van der Waals surface area contributed by atoms with Gasteiger partial charge >= 0.3 is 0 Å². The summed E-state index contributed by atoms with van der Waals surface area (Å²) in [5, 5.41) is 13.5. The Kier molecular flexibility index (Phi) is 3.23. The second-order valence-electron chi connectivity index (χ2n) is 3.92. The summed E-state index contributed by atoms with van der Waals surface area (Å²) in [6.07, 6.45) is 1.27. The maximum absolute atomic E-state index is 13.5. The number of hydrogen-bond donors (Lipinski definition) is 1. The number of fused-ring (bicyclic) bond motifs is 1. The van der Waals surface area contributed by atoms with Gasteiger partial charge in [-0.25, -0.2) is 13.8 Å². The second kappa shape index (κ2) is 5.04. The van der Waals surface area contributed by atoms with Crippen molar-refractivity contribution in [3.8, 4) is 5.88 Å². The summed E-state index contributed by atoms with van der Waals surface area (Å²) in [5.74, 6) is -1.36. The lowest BCUT2D eigenvalue weighted by Gasteiger charge is -2.04. The van der Waals surface area contributed by atoms with Crippen LogP contribution in [0.1, 0.15) is 5.69 Å². The molecule has 0 aliphatic rings. The molecule has 102 valence electrons. The van der Waals surface area contributed by atoms with Gasteiger partial charge in [0.15, 0.2) is 11.6 Å². The molecule has 20 heavy (non-hydrogen) atoms. The van der Waals surface area contributed by atoms with Gasteiger partial charge in [-0.15, -0.1) is 11.8 Å². The van der Waals surface area contributed by atoms with Crippen molar-refractivity contribution in [1.82, 2.24) is 19.6 Å². The van der Waals surface area contributed by atoms with Crippen LogP contribution in [-0.4, -0.2) is 24.7 Å². The van der Waals surface area contributed by atoms with Crippen LogP contribution in [0.2, 0.25) is 0 Å². The number of thioether (sulfide) groups is 1. The topological polar surface area (TPSA) is 63.3 Å². The van der Waals surface area contributed by atoms with Crippen molar-refractivity contribution in [3.05, 3.63) is 47.9 Å². The Balaban J connectivity index is 1.84. The minimum absolute atomic E-state index is 0.109. The zero-order valence-corrected chi connectivity index (χ0v) is 10.8. The fourth-order valence-electron chi connectivity index (χ4n) is 1.67. The van der Waals surface area contributed by atoms with Gasteiger partial charge in [0.05, 0.1) is 5.69 Å². The van der Waals surface area contributed by atoms with Crippen LogP contribution in [0.5, 0.6) is 5.88 Å². The second-order valence-corrected chi connectivity index (χ2v) is 4.94. The molecule has 0 saturated carbocycles. The van der Waals surface area contributed by atoms with E-state index in [1.165, 1.54) is 29.0 Å². The Hall–Kier alpha value is -2.22. The molecule has 1 N–H and O–H groups in total. The van der Waals surface area contributed by atoms with E-state index in [-0.39, 0.29) is 22.3 Å². The first-order chi connectivity index (χ1) is 9.65. The fourth-order valence-corrected chi connectivity index (χ4v) is 2.52. The molecule has 0 unspecified atom stereocenters. The maximum Gasteiger partial charge on any atom is 0.255 e. The number of benzene rings is 1. The maximum atomic E-state index is 13.5. The Morgan fingerprint density at radius 1 is 1.30 bits per heavy atom. The molecule has 5 nitrogen and oxygen atoms in total. The van der Waals surface area contributed by atoms with Crippen molar-refractivity contribution >= 4 is 17.5 Å². The molecule has 8 heteroatoms. The number of halogens is 2. The third-order valence-electron chi connectivity index (χ3n) is 2.58. The lowest BCUT2D eigenvalue weighted by Crippen LogP contribution is -1.96. The van der Waals surface area contributed by atoms with Crippen LogP contribution in [0.4, 0.5) is 8.78 Å². The van der Waals surface area contributed by atoms with Crippen LogP contribution in [0.15, 0.2) is 35.5 Å². The average molecular weight is 294 g/mol. The fraction of sp³-hybridized carbons (Fsp3) is 0.0833. The quantitative estimate of drug-likeness (QED) is 0.752. The monoisotopic (exact) mass is 294 g/mol. The van der Waals surface area contributed by atoms with Crippen LogP contribution >= 0.6 is 11.8 Å².